The van der Waals surface area contributed by atoms with E-state index in [2.05, 4.69) is 32.7 Å². The molecule has 0 radical (unpaired) electrons. The molecule has 5 heteroatoms. The Bertz CT molecular complexity index is 716. The molecule has 2 atom stereocenters. The Morgan fingerprint density at radius 3 is 2.20 bits per heavy atom. The van der Waals surface area contributed by atoms with E-state index in [1.807, 2.05) is 31.2 Å². The standard InChI is InChI=1S/C20H27ClNO2P/c1-11(2)25(12(3)4)19-14(6)22-13(5)17(20(23)24)18(19)15-9-7-8-10-16(15)21/h7-12,18-19H,1-6H3,(H,23,24). The molecule has 0 aliphatic carbocycles. The maximum Gasteiger partial charge on any atom is 0.334 e. The fourth-order valence-electron chi connectivity index (χ4n) is 3.98. The van der Waals surface area contributed by atoms with Gasteiger partial charge in [0.25, 0.3) is 0 Å². The first kappa shape index (κ1) is 20.1. The Morgan fingerprint density at radius 1 is 1.16 bits per heavy atom. The molecule has 1 aliphatic heterocycles. The third-order valence-electron chi connectivity index (χ3n) is 4.77. The highest BCUT2D eigenvalue weighted by atomic mass is 35.5. The molecule has 2 rings (SSSR count). The molecule has 0 bridgehead atoms. The number of aliphatic carboxylic acids is 1. The van der Waals surface area contributed by atoms with Crippen LogP contribution in [0.5, 0.6) is 0 Å². The van der Waals surface area contributed by atoms with Crippen LogP contribution in [-0.4, -0.2) is 33.8 Å². The Hall–Kier alpha value is -1.18. The first-order valence-corrected chi connectivity index (χ1v) is 10.6. The van der Waals surface area contributed by atoms with Gasteiger partial charge in [0.1, 0.15) is 0 Å². The number of aliphatic imine (C=N–C) groups is 1. The Morgan fingerprint density at radius 2 is 1.72 bits per heavy atom. The highest BCUT2D eigenvalue weighted by Gasteiger charge is 2.43. The van der Waals surface area contributed by atoms with Crippen molar-refractivity contribution in [3.63, 3.8) is 0 Å². The van der Waals surface area contributed by atoms with Crippen LogP contribution >= 0.6 is 19.5 Å². The third kappa shape index (κ3) is 3.99. The third-order valence-corrected chi connectivity index (χ3v) is 8.82. The minimum atomic E-state index is -0.897. The van der Waals surface area contributed by atoms with Crippen LogP contribution < -0.4 is 0 Å². The summed E-state index contributed by atoms with van der Waals surface area (Å²) in [4.78, 5) is 16.8. The molecule has 0 spiro atoms. The molecule has 1 aromatic rings. The maximum atomic E-state index is 12.1. The van der Waals surface area contributed by atoms with Gasteiger partial charge in [-0.25, -0.2) is 4.79 Å². The summed E-state index contributed by atoms with van der Waals surface area (Å²) in [7, 11) is -0.469. The fraction of sp³-hybridized carbons (Fsp3) is 0.500. The summed E-state index contributed by atoms with van der Waals surface area (Å²) < 4.78 is 0. The van der Waals surface area contributed by atoms with Crippen LogP contribution in [0.15, 0.2) is 40.5 Å². The van der Waals surface area contributed by atoms with Gasteiger partial charge in [0.15, 0.2) is 0 Å². The van der Waals surface area contributed by atoms with E-state index in [4.69, 9.17) is 11.6 Å². The number of hydrogen-bond donors (Lipinski definition) is 1. The first-order valence-electron chi connectivity index (χ1n) is 8.67. The minimum Gasteiger partial charge on any atom is -0.478 e. The molecule has 0 amide bonds. The second-order valence-electron chi connectivity index (χ2n) is 7.14. The topological polar surface area (TPSA) is 49.7 Å². The molecule has 25 heavy (non-hydrogen) atoms. The van der Waals surface area contributed by atoms with Crippen LogP contribution in [0.2, 0.25) is 5.02 Å². The van der Waals surface area contributed by atoms with Crippen molar-refractivity contribution in [2.75, 3.05) is 0 Å². The fourth-order valence-corrected chi connectivity index (χ4v) is 7.86. The molecule has 0 saturated carbocycles. The quantitative estimate of drug-likeness (QED) is 0.645. The van der Waals surface area contributed by atoms with E-state index in [0.29, 0.717) is 27.6 Å². The zero-order chi connectivity index (χ0) is 18.9. The summed E-state index contributed by atoms with van der Waals surface area (Å²) in [6.45, 7) is 12.8. The predicted octanol–water partition coefficient (Wildman–Crippen LogP) is 5.92. The number of carboxylic acid groups (broad SMARTS) is 1. The molecule has 1 aliphatic rings. The van der Waals surface area contributed by atoms with Gasteiger partial charge in [0, 0.05) is 28.0 Å². The molecule has 0 fully saturated rings. The van der Waals surface area contributed by atoms with Crippen LogP contribution in [0.3, 0.4) is 0 Å². The predicted molar refractivity (Wildman–Crippen MR) is 109 cm³/mol. The average molecular weight is 380 g/mol. The number of nitrogens with zero attached hydrogens (tertiary/aromatic N) is 1. The second kappa shape index (κ2) is 8.01. The highest BCUT2D eigenvalue weighted by molar-refractivity contribution is 7.61. The van der Waals surface area contributed by atoms with Crippen molar-refractivity contribution in [3.05, 3.63) is 46.1 Å². The lowest BCUT2D eigenvalue weighted by molar-refractivity contribution is -0.133. The van der Waals surface area contributed by atoms with Gasteiger partial charge in [-0.3, -0.25) is 4.99 Å². The lowest BCUT2D eigenvalue weighted by Crippen LogP contribution is -2.36. The van der Waals surface area contributed by atoms with Crippen molar-refractivity contribution in [2.24, 2.45) is 4.99 Å². The van der Waals surface area contributed by atoms with E-state index in [-0.39, 0.29) is 11.6 Å². The molecule has 1 heterocycles. The van der Waals surface area contributed by atoms with E-state index >= 15 is 0 Å². The number of allylic oxidation sites excluding steroid dienone is 1. The highest BCUT2D eigenvalue weighted by Crippen LogP contribution is 2.58. The molecule has 2 unspecified atom stereocenters. The van der Waals surface area contributed by atoms with Crippen molar-refractivity contribution < 1.29 is 9.90 Å². The van der Waals surface area contributed by atoms with Crippen molar-refractivity contribution in [2.45, 2.75) is 64.4 Å². The molecule has 1 N–H and O–H groups in total. The van der Waals surface area contributed by atoms with Gasteiger partial charge in [-0.1, -0.05) is 65.4 Å². The average Bonchev–Trinajstić information content (AvgIpc) is 2.48. The molecule has 136 valence electrons. The van der Waals surface area contributed by atoms with Gasteiger partial charge in [0.2, 0.25) is 0 Å². The monoisotopic (exact) mass is 379 g/mol. The zero-order valence-corrected chi connectivity index (χ0v) is 17.4. The summed E-state index contributed by atoms with van der Waals surface area (Å²) in [5.74, 6) is -1.15. The second-order valence-corrected chi connectivity index (χ2v) is 11.1. The Labute approximate surface area is 156 Å². The minimum absolute atomic E-state index is 0.0877. The van der Waals surface area contributed by atoms with Gasteiger partial charge >= 0.3 is 5.97 Å². The number of carboxylic acids is 1. The molecule has 3 nitrogen and oxygen atoms in total. The molecule has 0 saturated heterocycles. The van der Waals surface area contributed by atoms with Crippen LogP contribution in [0.1, 0.15) is 53.0 Å². The van der Waals surface area contributed by atoms with E-state index in [0.717, 1.165) is 11.3 Å². The zero-order valence-electron chi connectivity index (χ0n) is 15.7. The smallest absolute Gasteiger partial charge is 0.334 e. The first-order chi connectivity index (χ1) is 11.7. The van der Waals surface area contributed by atoms with Crippen molar-refractivity contribution in [1.29, 1.82) is 0 Å². The Kier molecular flexibility index (Phi) is 6.45. The SMILES string of the molecule is CC1=NC(C)=C(C(=O)O)C(c2ccccc2Cl)C1P(C(C)C)C(C)C. The van der Waals surface area contributed by atoms with Gasteiger partial charge in [0.05, 0.1) is 5.57 Å². The number of benzene rings is 1. The van der Waals surface area contributed by atoms with Crippen LogP contribution in [0, 0.1) is 0 Å². The van der Waals surface area contributed by atoms with Crippen molar-refractivity contribution in [1.82, 2.24) is 0 Å². The largest absolute Gasteiger partial charge is 0.478 e. The summed E-state index contributed by atoms with van der Waals surface area (Å²) in [5.41, 5.74) is 3.94. The normalized spacial score (nSPS) is 21.3. The number of hydrogen-bond acceptors (Lipinski definition) is 2. The van der Waals surface area contributed by atoms with Crippen LogP contribution in [-0.2, 0) is 4.79 Å². The lowest BCUT2D eigenvalue weighted by Gasteiger charge is -2.42. The number of rotatable bonds is 5. The number of halogens is 1. The Balaban J connectivity index is 2.74. The van der Waals surface area contributed by atoms with E-state index in [1.165, 1.54) is 0 Å². The molecular formula is C20H27ClNO2P. The van der Waals surface area contributed by atoms with Crippen molar-refractivity contribution >= 4 is 31.2 Å². The summed E-state index contributed by atoms with van der Waals surface area (Å²) in [6.07, 6.45) is 0. The summed E-state index contributed by atoms with van der Waals surface area (Å²) in [5, 5.41) is 10.6. The number of carbonyl (C=O) groups is 1. The van der Waals surface area contributed by atoms with Gasteiger partial charge in [-0.05, 0) is 36.8 Å². The lowest BCUT2D eigenvalue weighted by atomic mass is 9.83. The van der Waals surface area contributed by atoms with Crippen LogP contribution in [0.4, 0.5) is 0 Å². The molecular weight excluding hydrogens is 353 g/mol. The molecule has 0 aromatic heterocycles. The van der Waals surface area contributed by atoms with E-state index in [1.54, 1.807) is 6.92 Å². The molecule has 1 aromatic carbocycles. The maximum absolute atomic E-state index is 12.1. The van der Waals surface area contributed by atoms with Gasteiger partial charge in [-0.2, -0.15) is 0 Å². The van der Waals surface area contributed by atoms with Crippen molar-refractivity contribution in [3.8, 4) is 0 Å². The summed E-state index contributed by atoms with van der Waals surface area (Å²) in [6, 6.07) is 7.62. The van der Waals surface area contributed by atoms with E-state index in [9.17, 15) is 9.90 Å². The van der Waals surface area contributed by atoms with E-state index < -0.39 is 13.9 Å². The summed E-state index contributed by atoms with van der Waals surface area (Å²) >= 11 is 6.50. The van der Waals surface area contributed by atoms with Gasteiger partial charge in [-0.15, -0.1) is 0 Å². The van der Waals surface area contributed by atoms with Gasteiger partial charge < -0.3 is 5.11 Å². The van der Waals surface area contributed by atoms with Crippen LogP contribution in [0.25, 0.3) is 0 Å².